The van der Waals surface area contributed by atoms with Crippen LogP contribution in [-0.2, 0) is 6.54 Å². The van der Waals surface area contributed by atoms with Crippen molar-refractivity contribution in [3.8, 4) is 0 Å². The number of nitrogens with zero attached hydrogens (tertiary/aromatic N) is 2. The molecule has 0 aromatic carbocycles. The summed E-state index contributed by atoms with van der Waals surface area (Å²) >= 11 is 0. The van der Waals surface area contributed by atoms with Crippen molar-refractivity contribution in [3.63, 3.8) is 0 Å². The summed E-state index contributed by atoms with van der Waals surface area (Å²) in [7, 11) is 0. The van der Waals surface area contributed by atoms with Gasteiger partial charge in [0, 0.05) is 12.7 Å². The molecule has 0 bridgehead atoms. The van der Waals surface area contributed by atoms with E-state index < -0.39 is 0 Å². The van der Waals surface area contributed by atoms with E-state index in [2.05, 4.69) is 10.1 Å². The van der Waals surface area contributed by atoms with E-state index in [0.717, 1.165) is 12.2 Å². The first-order chi connectivity index (χ1) is 5.83. The molecule has 0 aliphatic rings. The molecule has 0 spiro atoms. The van der Waals surface area contributed by atoms with Crippen molar-refractivity contribution in [1.29, 1.82) is 0 Å². The molecule has 4 nitrogen and oxygen atoms in total. The molecule has 2 rings (SSSR count). The van der Waals surface area contributed by atoms with Gasteiger partial charge < -0.3 is 0 Å². The third-order valence-electron chi connectivity index (χ3n) is 1.84. The van der Waals surface area contributed by atoms with Gasteiger partial charge in [0.2, 0.25) is 0 Å². The maximum absolute atomic E-state index is 11.2. The summed E-state index contributed by atoms with van der Waals surface area (Å²) in [5.74, 6) is 0. The standard InChI is InChI=1S/C8H9N3O/c1-2-11-7-6(8(12)10-11)4-3-5-9-7/h3-5H,2H2,1H3,(H,10,12). The summed E-state index contributed by atoms with van der Waals surface area (Å²) in [6.45, 7) is 2.69. The van der Waals surface area contributed by atoms with Crippen LogP contribution in [0.2, 0.25) is 0 Å². The Morgan fingerprint density at radius 2 is 2.50 bits per heavy atom. The summed E-state index contributed by atoms with van der Waals surface area (Å²) in [6, 6.07) is 3.53. The highest BCUT2D eigenvalue weighted by Gasteiger charge is 2.03. The average Bonchev–Trinajstić information content (AvgIpc) is 2.44. The molecule has 0 saturated heterocycles. The van der Waals surface area contributed by atoms with Crippen LogP contribution in [0, 0.1) is 0 Å². The lowest BCUT2D eigenvalue weighted by Gasteiger charge is -1.95. The van der Waals surface area contributed by atoms with Gasteiger partial charge in [-0.15, -0.1) is 0 Å². The van der Waals surface area contributed by atoms with Crippen LogP contribution in [-0.4, -0.2) is 14.8 Å². The van der Waals surface area contributed by atoms with Crippen molar-refractivity contribution in [2.24, 2.45) is 0 Å². The minimum absolute atomic E-state index is 0.0695. The van der Waals surface area contributed by atoms with E-state index in [1.165, 1.54) is 0 Å². The minimum atomic E-state index is -0.0695. The number of rotatable bonds is 1. The Labute approximate surface area is 68.8 Å². The topological polar surface area (TPSA) is 50.7 Å². The van der Waals surface area contributed by atoms with Crippen LogP contribution >= 0.6 is 0 Å². The number of H-pyrrole nitrogens is 1. The van der Waals surface area contributed by atoms with E-state index in [9.17, 15) is 4.79 Å². The molecule has 62 valence electrons. The molecule has 0 saturated carbocycles. The normalized spacial score (nSPS) is 10.8. The van der Waals surface area contributed by atoms with Crippen LogP contribution in [0.3, 0.4) is 0 Å². The second-order valence-electron chi connectivity index (χ2n) is 2.56. The van der Waals surface area contributed by atoms with Crippen LogP contribution in [0.5, 0.6) is 0 Å². The Balaban J connectivity index is 2.91. The third kappa shape index (κ3) is 0.845. The largest absolute Gasteiger partial charge is 0.273 e. The Morgan fingerprint density at radius 3 is 3.25 bits per heavy atom. The zero-order valence-electron chi connectivity index (χ0n) is 6.74. The molecule has 0 unspecified atom stereocenters. The van der Waals surface area contributed by atoms with Gasteiger partial charge in [-0.1, -0.05) is 0 Å². The maximum atomic E-state index is 11.2. The SMILES string of the molecule is CCn1[nH]c(=O)c2cccnc21. The molecular formula is C8H9N3O. The summed E-state index contributed by atoms with van der Waals surface area (Å²) in [6.07, 6.45) is 1.68. The number of nitrogens with one attached hydrogen (secondary N) is 1. The predicted molar refractivity (Wildman–Crippen MR) is 46.0 cm³/mol. The van der Waals surface area contributed by atoms with E-state index in [1.807, 2.05) is 6.92 Å². The number of fused-ring (bicyclic) bond motifs is 1. The van der Waals surface area contributed by atoms with Crippen LogP contribution in [0.4, 0.5) is 0 Å². The Morgan fingerprint density at radius 1 is 1.67 bits per heavy atom. The first-order valence-corrected chi connectivity index (χ1v) is 3.86. The fourth-order valence-electron chi connectivity index (χ4n) is 1.25. The molecule has 2 heterocycles. The molecule has 0 fully saturated rings. The van der Waals surface area contributed by atoms with E-state index in [4.69, 9.17) is 0 Å². The highest BCUT2D eigenvalue weighted by atomic mass is 16.1. The highest BCUT2D eigenvalue weighted by molar-refractivity contribution is 5.73. The molecular weight excluding hydrogens is 154 g/mol. The van der Waals surface area contributed by atoms with Gasteiger partial charge in [-0.2, -0.15) is 0 Å². The van der Waals surface area contributed by atoms with Crippen molar-refractivity contribution in [2.75, 3.05) is 0 Å². The Hall–Kier alpha value is -1.58. The van der Waals surface area contributed by atoms with Crippen LogP contribution in [0.25, 0.3) is 11.0 Å². The molecule has 0 radical (unpaired) electrons. The molecule has 4 heteroatoms. The van der Waals surface area contributed by atoms with Gasteiger partial charge in [0.05, 0.1) is 5.39 Å². The Bertz CT molecular complexity index is 455. The highest BCUT2D eigenvalue weighted by Crippen LogP contribution is 2.03. The zero-order chi connectivity index (χ0) is 8.55. The summed E-state index contributed by atoms with van der Waals surface area (Å²) in [4.78, 5) is 15.3. The maximum Gasteiger partial charge on any atom is 0.273 e. The number of pyridine rings is 1. The fraction of sp³-hybridized carbons (Fsp3) is 0.250. The van der Waals surface area contributed by atoms with Crippen molar-refractivity contribution in [3.05, 3.63) is 28.7 Å². The second kappa shape index (κ2) is 2.48. The van der Waals surface area contributed by atoms with Gasteiger partial charge in [0.15, 0.2) is 5.65 Å². The van der Waals surface area contributed by atoms with E-state index in [1.54, 1.807) is 23.0 Å². The number of aromatic amines is 1. The van der Waals surface area contributed by atoms with Gasteiger partial charge in [0.25, 0.3) is 5.56 Å². The summed E-state index contributed by atoms with van der Waals surface area (Å²) in [5.41, 5.74) is 0.657. The van der Waals surface area contributed by atoms with Gasteiger partial charge in [-0.05, 0) is 19.1 Å². The van der Waals surface area contributed by atoms with Crippen LogP contribution in [0.1, 0.15) is 6.92 Å². The Kier molecular flexibility index (Phi) is 1.46. The molecule has 2 aromatic rings. The van der Waals surface area contributed by atoms with Gasteiger partial charge in [-0.3, -0.25) is 14.6 Å². The van der Waals surface area contributed by atoms with Gasteiger partial charge >= 0.3 is 0 Å². The third-order valence-corrected chi connectivity index (χ3v) is 1.84. The molecule has 1 N–H and O–H groups in total. The van der Waals surface area contributed by atoms with Crippen molar-refractivity contribution >= 4 is 11.0 Å². The molecule has 0 aliphatic heterocycles. The average molecular weight is 163 g/mol. The number of aromatic nitrogens is 3. The van der Waals surface area contributed by atoms with Crippen LogP contribution in [0.15, 0.2) is 23.1 Å². The monoisotopic (exact) mass is 163 g/mol. The van der Waals surface area contributed by atoms with Crippen LogP contribution < -0.4 is 5.56 Å². The molecule has 0 aliphatic carbocycles. The lowest BCUT2D eigenvalue weighted by Crippen LogP contribution is -2.03. The molecule has 2 aromatic heterocycles. The lowest BCUT2D eigenvalue weighted by atomic mass is 10.3. The van der Waals surface area contributed by atoms with E-state index >= 15 is 0 Å². The van der Waals surface area contributed by atoms with Crippen molar-refractivity contribution in [2.45, 2.75) is 13.5 Å². The first kappa shape index (κ1) is 7.09. The number of hydrogen-bond donors (Lipinski definition) is 1. The molecule has 0 atom stereocenters. The summed E-state index contributed by atoms with van der Waals surface area (Å²) in [5, 5.41) is 3.35. The quantitative estimate of drug-likeness (QED) is 0.674. The summed E-state index contributed by atoms with van der Waals surface area (Å²) < 4.78 is 1.73. The van der Waals surface area contributed by atoms with Crippen molar-refractivity contribution in [1.82, 2.24) is 14.8 Å². The zero-order valence-corrected chi connectivity index (χ0v) is 6.74. The van der Waals surface area contributed by atoms with Gasteiger partial charge in [0.1, 0.15) is 0 Å². The lowest BCUT2D eigenvalue weighted by molar-refractivity contribution is 0.669. The number of hydrogen-bond acceptors (Lipinski definition) is 2. The smallest absolute Gasteiger partial charge is 0.268 e. The molecule has 12 heavy (non-hydrogen) atoms. The minimum Gasteiger partial charge on any atom is -0.268 e. The van der Waals surface area contributed by atoms with E-state index in [0.29, 0.717) is 5.39 Å². The second-order valence-corrected chi connectivity index (χ2v) is 2.56. The fourth-order valence-corrected chi connectivity index (χ4v) is 1.25. The van der Waals surface area contributed by atoms with E-state index in [-0.39, 0.29) is 5.56 Å². The molecule has 0 amide bonds. The van der Waals surface area contributed by atoms with Gasteiger partial charge in [-0.25, -0.2) is 4.98 Å². The number of aryl methyl sites for hydroxylation is 1. The van der Waals surface area contributed by atoms with Crippen molar-refractivity contribution < 1.29 is 0 Å². The predicted octanol–water partition coefficient (Wildman–Crippen LogP) is 0.745. The first-order valence-electron chi connectivity index (χ1n) is 3.86.